The third-order valence-corrected chi connectivity index (χ3v) is 9.99. The summed E-state index contributed by atoms with van der Waals surface area (Å²) in [5.74, 6) is -1.71. The van der Waals surface area contributed by atoms with Crippen molar-refractivity contribution in [1.82, 2.24) is 9.80 Å². The Kier molecular flexibility index (Phi) is 9.49. The average Bonchev–Trinajstić information content (AvgIpc) is 3.44. The molecule has 3 saturated heterocycles. The number of ether oxygens (including phenoxy) is 1. The summed E-state index contributed by atoms with van der Waals surface area (Å²) in [6, 6.07) is -1.23. The van der Waals surface area contributed by atoms with Crippen molar-refractivity contribution in [2.45, 2.75) is 81.4 Å². The van der Waals surface area contributed by atoms with E-state index in [4.69, 9.17) is 4.74 Å². The molecule has 1 spiro atoms. The molecule has 7 nitrogen and oxygen atoms in total. The van der Waals surface area contributed by atoms with Gasteiger partial charge in [-0.3, -0.25) is 14.4 Å². The minimum absolute atomic E-state index is 0.0370. The molecule has 2 bridgehead atoms. The first-order valence-corrected chi connectivity index (χ1v) is 14.0. The van der Waals surface area contributed by atoms with Crippen LogP contribution in [-0.4, -0.2) is 81.1 Å². The van der Waals surface area contributed by atoms with Crippen molar-refractivity contribution < 1.29 is 24.2 Å². The van der Waals surface area contributed by atoms with Crippen molar-refractivity contribution >= 4 is 29.5 Å². The monoisotopic (exact) mass is 506 g/mol. The largest absolute Gasteiger partial charge is 0.465 e. The lowest BCUT2D eigenvalue weighted by Gasteiger charge is -2.41. The Morgan fingerprint density at radius 1 is 1.31 bits per heavy atom. The Balaban J connectivity index is 1.94. The predicted octanol–water partition coefficient (Wildman–Crippen LogP) is 3.42. The van der Waals surface area contributed by atoms with E-state index in [-0.39, 0.29) is 35.6 Å². The fraction of sp³-hybridized carbons (Fsp3) is 0.741. The Morgan fingerprint density at radius 2 is 2.06 bits per heavy atom. The lowest BCUT2D eigenvalue weighted by Crippen LogP contribution is -2.59. The Labute approximate surface area is 214 Å². The molecule has 35 heavy (non-hydrogen) atoms. The number of amides is 2. The van der Waals surface area contributed by atoms with Gasteiger partial charge >= 0.3 is 5.97 Å². The van der Waals surface area contributed by atoms with Crippen LogP contribution in [0.2, 0.25) is 0 Å². The van der Waals surface area contributed by atoms with Crippen molar-refractivity contribution in [1.29, 1.82) is 0 Å². The number of rotatable bonds is 14. The van der Waals surface area contributed by atoms with Crippen LogP contribution >= 0.6 is 11.8 Å². The number of likely N-dealkylation sites (tertiary alicyclic amines) is 1. The Hall–Kier alpha value is -1.80. The summed E-state index contributed by atoms with van der Waals surface area (Å²) in [7, 11) is 0. The van der Waals surface area contributed by atoms with Crippen LogP contribution in [0, 0.1) is 17.8 Å². The molecule has 0 aromatic carbocycles. The van der Waals surface area contributed by atoms with E-state index in [0.29, 0.717) is 19.7 Å². The van der Waals surface area contributed by atoms with E-state index < -0.39 is 28.7 Å². The highest BCUT2D eigenvalue weighted by Crippen LogP contribution is 2.69. The third kappa shape index (κ3) is 4.93. The number of carbonyl (C=O) groups is 3. The number of aliphatic hydroxyl groups excluding tert-OH is 1. The van der Waals surface area contributed by atoms with Crippen LogP contribution in [0.15, 0.2) is 25.3 Å². The van der Waals surface area contributed by atoms with E-state index in [1.54, 1.807) is 34.6 Å². The van der Waals surface area contributed by atoms with Gasteiger partial charge in [0.2, 0.25) is 11.8 Å². The normalized spacial score (nSPS) is 31.8. The lowest BCUT2D eigenvalue weighted by molar-refractivity contribution is -0.155. The van der Waals surface area contributed by atoms with Crippen molar-refractivity contribution in [2.75, 3.05) is 26.3 Å². The summed E-state index contributed by atoms with van der Waals surface area (Å²) >= 11 is 1.64. The average molecular weight is 507 g/mol. The van der Waals surface area contributed by atoms with E-state index in [1.165, 1.54) is 0 Å². The first-order valence-electron chi connectivity index (χ1n) is 13.1. The summed E-state index contributed by atoms with van der Waals surface area (Å²) in [6.07, 6.45) is 8.67. The number of hydrogen-bond donors (Lipinski definition) is 1. The minimum atomic E-state index is -0.714. The van der Waals surface area contributed by atoms with E-state index in [1.807, 2.05) is 6.08 Å². The zero-order valence-corrected chi connectivity index (χ0v) is 22.3. The standard InChI is InChI=1S/C27H42N2O5S/c1-6-9-11-12-15-34-26(33)21-20-16-18(4)27(35-20)22(21)24(31)29(19(5)17-30)23(27)25(32)28(13-8-3)14-10-7-2/h6,8,18-23,30H,1,3,7,9-17H2,2,4-5H3/t18?,19-,20+,21-,22+,23?,27?/m1/s1. The highest BCUT2D eigenvalue weighted by atomic mass is 32.2. The summed E-state index contributed by atoms with van der Waals surface area (Å²) in [4.78, 5) is 44.7. The highest BCUT2D eigenvalue weighted by Gasteiger charge is 2.76. The van der Waals surface area contributed by atoms with E-state index in [9.17, 15) is 19.5 Å². The van der Waals surface area contributed by atoms with Gasteiger partial charge in [0, 0.05) is 18.3 Å². The maximum absolute atomic E-state index is 14.1. The zero-order valence-electron chi connectivity index (χ0n) is 21.5. The van der Waals surface area contributed by atoms with Gasteiger partial charge in [0.05, 0.1) is 35.8 Å². The van der Waals surface area contributed by atoms with Crippen LogP contribution in [-0.2, 0) is 19.1 Å². The van der Waals surface area contributed by atoms with Crippen LogP contribution in [0.3, 0.4) is 0 Å². The number of thioether (sulfide) groups is 1. The quantitative estimate of drug-likeness (QED) is 0.221. The molecule has 0 saturated carbocycles. The van der Waals surface area contributed by atoms with Crippen molar-refractivity contribution in [2.24, 2.45) is 17.8 Å². The second kappa shape index (κ2) is 12.0. The Bertz CT molecular complexity index is 819. The van der Waals surface area contributed by atoms with Crippen molar-refractivity contribution in [3.63, 3.8) is 0 Å². The fourth-order valence-electron chi connectivity index (χ4n) is 6.20. The highest BCUT2D eigenvalue weighted by molar-refractivity contribution is 8.02. The van der Waals surface area contributed by atoms with E-state index in [2.05, 4.69) is 27.0 Å². The molecule has 8 heteroatoms. The Morgan fingerprint density at radius 3 is 2.69 bits per heavy atom. The molecular formula is C27H42N2O5S. The van der Waals surface area contributed by atoms with Gasteiger partial charge < -0.3 is 19.6 Å². The number of fused-ring (bicyclic) bond motifs is 1. The van der Waals surface area contributed by atoms with Gasteiger partial charge in [0.15, 0.2) is 0 Å². The van der Waals surface area contributed by atoms with E-state index in [0.717, 1.165) is 38.5 Å². The molecule has 1 N–H and O–H groups in total. The van der Waals surface area contributed by atoms with Crippen molar-refractivity contribution in [3.05, 3.63) is 25.3 Å². The number of aliphatic hydroxyl groups is 1. The van der Waals surface area contributed by atoms with Crippen LogP contribution in [0.1, 0.15) is 59.3 Å². The van der Waals surface area contributed by atoms with Gasteiger partial charge in [0.1, 0.15) is 6.04 Å². The molecule has 3 aliphatic rings. The molecule has 2 amide bonds. The molecule has 7 atom stereocenters. The van der Waals surface area contributed by atoms with Crippen LogP contribution in [0.5, 0.6) is 0 Å². The summed E-state index contributed by atoms with van der Waals surface area (Å²) in [6.45, 7) is 14.6. The van der Waals surface area contributed by atoms with Crippen LogP contribution in [0.4, 0.5) is 0 Å². The van der Waals surface area contributed by atoms with Crippen LogP contribution < -0.4 is 0 Å². The molecule has 196 valence electrons. The van der Waals surface area contributed by atoms with Gasteiger partial charge in [-0.05, 0) is 44.9 Å². The molecule has 0 aromatic rings. The van der Waals surface area contributed by atoms with Gasteiger partial charge in [-0.1, -0.05) is 32.4 Å². The second-order valence-corrected chi connectivity index (χ2v) is 11.8. The molecule has 0 aliphatic carbocycles. The predicted molar refractivity (Wildman–Crippen MR) is 139 cm³/mol. The summed E-state index contributed by atoms with van der Waals surface area (Å²) in [5.41, 5.74) is 0. The molecule has 0 radical (unpaired) electrons. The minimum Gasteiger partial charge on any atom is -0.465 e. The zero-order chi connectivity index (χ0) is 25.8. The first kappa shape index (κ1) is 27.8. The molecule has 3 heterocycles. The summed E-state index contributed by atoms with van der Waals surface area (Å²) < 4.78 is 4.96. The smallest absolute Gasteiger partial charge is 0.310 e. The van der Waals surface area contributed by atoms with Gasteiger partial charge in [0.25, 0.3) is 0 Å². The number of hydrogen-bond acceptors (Lipinski definition) is 6. The van der Waals surface area contributed by atoms with Gasteiger partial charge in [-0.25, -0.2) is 0 Å². The number of esters is 1. The topological polar surface area (TPSA) is 87.2 Å². The molecule has 0 aromatic heterocycles. The third-order valence-electron chi connectivity index (χ3n) is 7.92. The lowest BCUT2D eigenvalue weighted by atomic mass is 9.66. The molecule has 3 fully saturated rings. The molecule has 3 rings (SSSR count). The fourth-order valence-corrected chi connectivity index (χ4v) is 8.59. The molecule has 3 aliphatic heterocycles. The number of nitrogens with zero attached hydrogens (tertiary/aromatic N) is 2. The number of carbonyl (C=O) groups excluding carboxylic acids is 3. The van der Waals surface area contributed by atoms with Crippen molar-refractivity contribution in [3.8, 4) is 0 Å². The molecule has 3 unspecified atom stereocenters. The van der Waals surface area contributed by atoms with E-state index >= 15 is 0 Å². The maximum atomic E-state index is 14.1. The second-order valence-electron chi connectivity index (χ2n) is 10.2. The number of unbranched alkanes of at least 4 members (excludes halogenated alkanes) is 3. The van der Waals surface area contributed by atoms with Gasteiger partial charge in [-0.15, -0.1) is 24.9 Å². The van der Waals surface area contributed by atoms with Gasteiger partial charge in [-0.2, -0.15) is 0 Å². The first-order chi connectivity index (χ1) is 16.8. The SMILES string of the molecule is C=CCCCCOC(=O)[C@@H]1[C@@H]2CC(C)C3(S2)C(C(=O)N(CC=C)CCCC)N([C@H](C)CO)C(=O)[C@H]13. The van der Waals surface area contributed by atoms with Crippen LogP contribution in [0.25, 0.3) is 0 Å². The summed E-state index contributed by atoms with van der Waals surface area (Å²) in [5, 5.41) is 9.98. The number of allylic oxidation sites excluding steroid dienone is 1. The molecular weight excluding hydrogens is 464 g/mol. The maximum Gasteiger partial charge on any atom is 0.310 e.